The van der Waals surface area contributed by atoms with Gasteiger partial charge in [-0.05, 0) is 43.3 Å². The first-order chi connectivity index (χ1) is 9.91. The molecule has 0 fully saturated rings. The van der Waals surface area contributed by atoms with Gasteiger partial charge in [-0.25, -0.2) is 8.42 Å². The van der Waals surface area contributed by atoms with Gasteiger partial charge in [0.25, 0.3) is 0 Å². The summed E-state index contributed by atoms with van der Waals surface area (Å²) in [5, 5.41) is 1.42. The molecule has 0 aliphatic rings. The van der Waals surface area contributed by atoms with Gasteiger partial charge in [-0.1, -0.05) is 29.3 Å². The van der Waals surface area contributed by atoms with Gasteiger partial charge in [0.2, 0.25) is 9.84 Å². The number of aromatic nitrogens is 1. The number of halogens is 2. The number of nitrogens with one attached hydrogen (secondary N) is 1. The second kappa shape index (κ2) is 5.05. The van der Waals surface area contributed by atoms with Crippen LogP contribution in [0.25, 0.3) is 10.9 Å². The SMILES string of the molecule is Cc1[nH]c2cccc(Cl)c2c1S(=O)(=O)c1ccc(Cl)cc1. The molecule has 0 radical (unpaired) electrons. The van der Waals surface area contributed by atoms with E-state index in [4.69, 9.17) is 23.2 Å². The molecule has 0 bridgehead atoms. The number of fused-ring (bicyclic) bond motifs is 1. The topological polar surface area (TPSA) is 49.9 Å². The van der Waals surface area contributed by atoms with Crippen LogP contribution in [-0.4, -0.2) is 13.4 Å². The zero-order chi connectivity index (χ0) is 15.2. The first kappa shape index (κ1) is 14.4. The molecule has 0 spiro atoms. The van der Waals surface area contributed by atoms with Gasteiger partial charge in [0.1, 0.15) is 4.90 Å². The smallest absolute Gasteiger partial charge is 0.209 e. The van der Waals surface area contributed by atoms with E-state index in [0.29, 0.717) is 26.6 Å². The minimum atomic E-state index is -3.67. The van der Waals surface area contributed by atoms with Crippen LogP contribution in [0.3, 0.4) is 0 Å². The highest BCUT2D eigenvalue weighted by molar-refractivity contribution is 7.91. The van der Waals surface area contributed by atoms with Crippen LogP contribution >= 0.6 is 23.2 Å². The van der Waals surface area contributed by atoms with Crippen LogP contribution in [0, 0.1) is 6.92 Å². The summed E-state index contributed by atoms with van der Waals surface area (Å²) >= 11 is 12.0. The van der Waals surface area contributed by atoms with Crippen molar-refractivity contribution in [2.45, 2.75) is 16.7 Å². The maximum absolute atomic E-state index is 12.9. The highest BCUT2D eigenvalue weighted by Gasteiger charge is 2.25. The van der Waals surface area contributed by atoms with E-state index in [9.17, 15) is 8.42 Å². The van der Waals surface area contributed by atoms with Crippen LogP contribution < -0.4 is 0 Å². The van der Waals surface area contributed by atoms with Gasteiger partial charge in [-0.15, -0.1) is 0 Å². The quantitative estimate of drug-likeness (QED) is 0.740. The zero-order valence-corrected chi connectivity index (χ0v) is 13.4. The van der Waals surface area contributed by atoms with E-state index in [-0.39, 0.29) is 9.79 Å². The number of aryl methyl sites for hydroxylation is 1. The van der Waals surface area contributed by atoms with Gasteiger partial charge in [0, 0.05) is 21.6 Å². The number of hydrogen-bond acceptors (Lipinski definition) is 2. The van der Waals surface area contributed by atoms with Crippen molar-refractivity contribution in [3.05, 3.63) is 58.2 Å². The molecule has 21 heavy (non-hydrogen) atoms. The maximum Gasteiger partial charge on any atom is 0.209 e. The van der Waals surface area contributed by atoms with Crippen molar-refractivity contribution in [3.8, 4) is 0 Å². The Labute approximate surface area is 132 Å². The van der Waals surface area contributed by atoms with Crippen LogP contribution in [0.1, 0.15) is 5.69 Å². The standard InChI is InChI=1S/C15H11Cl2NO2S/c1-9-15(14-12(17)3-2-4-13(14)18-9)21(19,20)11-7-5-10(16)6-8-11/h2-8,18H,1H3. The summed E-state index contributed by atoms with van der Waals surface area (Å²) in [6.07, 6.45) is 0. The molecule has 0 atom stereocenters. The number of aromatic amines is 1. The van der Waals surface area contributed by atoms with E-state index < -0.39 is 9.84 Å². The molecule has 0 aliphatic heterocycles. The zero-order valence-electron chi connectivity index (χ0n) is 11.0. The Balaban J connectivity index is 2.34. The second-order valence-electron chi connectivity index (χ2n) is 4.70. The molecule has 2 aromatic carbocycles. The van der Waals surface area contributed by atoms with Crippen LogP contribution in [0.4, 0.5) is 0 Å². The van der Waals surface area contributed by atoms with Crippen molar-refractivity contribution in [3.63, 3.8) is 0 Å². The molecule has 0 amide bonds. The van der Waals surface area contributed by atoms with Crippen LogP contribution in [0.2, 0.25) is 10.0 Å². The summed E-state index contributed by atoms with van der Waals surface area (Å²) in [6, 6.07) is 11.4. The van der Waals surface area contributed by atoms with Crippen LogP contribution in [-0.2, 0) is 9.84 Å². The van der Waals surface area contributed by atoms with E-state index in [2.05, 4.69) is 4.98 Å². The first-order valence-electron chi connectivity index (χ1n) is 6.18. The van der Waals surface area contributed by atoms with Crippen molar-refractivity contribution in [1.29, 1.82) is 0 Å². The minimum absolute atomic E-state index is 0.191. The molecule has 0 saturated carbocycles. The largest absolute Gasteiger partial charge is 0.357 e. The number of H-pyrrole nitrogens is 1. The van der Waals surface area contributed by atoms with Gasteiger partial charge in [0.05, 0.1) is 9.92 Å². The van der Waals surface area contributed by atoms with E-state index in [1.54, 1.807) is 37.3 Å². The van der Waals surface area contributed by atoms with Crippen molar-refractivity contribution in [1.82, 2.24) is 4.98 Å². The Kier molecular flexibility index (Phi) is 3.48. The third-order valence-electron chi connectivity index (χ3n) is 3.30. The fourth-order valence-electron chi connectivity index (χ4n) is 2.37. The fraction of sp³-hybridized carbons (Fsp3) is 0.0667. The van der Waals surface area contributed by atoms with Crippen LogP contribution in [0.5, 0.6) is 0 Å². The molecule has 0 saturated heterocycles. The minimum Gasteiger partial charge on any atom is -0.357 e. The Morgan fingerprint density at radius 3 is 2.33 bits per heavy atom. The summed E-state index contributed by atoms with van der Waals surface area (Å²) in [4.78, 5) is 3.47. The van der Waals surface area contributed by atoms with Gasteiger partial charge in [-0.2, -0.15) is 0 Å². The van der Waals surface area contributed by atoms with Crippen molar-refractivity contribution < 1.29 is 8.42 Å². The lowest BCUT2D eigenvalue weighted by molar-refractivity contribution is 0.596. The summed E-state index contributed by atoms with van der Waals surface area (Å²) in [5.74, 6) is 0. The molecule has 1 heterocycles. The molecule has 3 aromatic rings. The van der Waals surface area contributed by atoms with E-state index >= 15 is 0 Å². The third-order valence-corrected chi connectivity index (χ3v) is 5.80. The van der Waals surface area contributed by atoms with Gasteiger partial charge < -0.3 is 4.98 Å². The predicted octanol–water partition coefficient (Wildman–Crippen LogP) is 4.62. The molecule has 108 valence electrons. The van der Waals surface area contributed by atoms with Gasteiger partial charge in [-0.3, -0.25) is 0 Å². The second-order valence-corrected chi connectivity index (χ2v) is 7.43. The van der Waals surface area contributed by atoms with Gasteiger partial charge in [0.15, 0.2) is 0 Å². The number of rotatable bonds is 2. The third kappa shape index (κ3) is 2.33. The van der Waals surface area contributed by atoms with Crippen molar-refractivity contribution in [2.24, 2.45) is 0 Å². The molecule has 3 nitrogen and oxygen atoms in total. The summed E-state index contributed by atoms with van der Waals surface area (Å²) in [7, 11) is -3.67. The lowest BCUT2D eigenvalue weighted by atomic mass is 10.2. The molecule has 1 aromatic heterocycles. The Morgan fingerprint density at radius 1 is 1.00 bits per heavy atom. The summed E-state index contributed by atoms with van der Waals surface area (Å²) in [6.45, 7) is 1.72. The Morgan fingerprint density at radius 2 is 1.67 bits per heavy atom. The highest BCUT2D eigenvalue weighted by atomic mass is 35.5. The van der Waals surface area contributed by atoms with Crippen LogP contribution in [0.15, 0.2) is 52.3 Å². The lowest BCUT2D eigenvalue weighted by Gasteiger charge is -2.06. The molecular formula is C15H11Cl2NO2S. The van der Waals surface area contributed by atoms with E-state index in [1.807, 2.05) is 0 Å². The average Bonchev–Trinajstić information content (AvgIpc) is 2.77. The Bertz CT molecular complexity index is 928. The maximum atomic E-state index is 12.9. The Hall–Kier alpha value is -1.49. The fourth-order valence-corrected chi connectivity index (χ4v) is 4.50. The average molecular weight is 340 g/mol. The lowest BCUT2D eigenvalue weighted by Crippen LogP contribution is -2.03. The monoisotopic (exact) mass is 339 g/mol. The van der Waals surface area contributed by atoms with E-state index in [1.165, 1.54) is 12.1 Å². The molecule has 3 rings (SSSR count). The number of benzene rings is 2. The summed E-state index contributed by atoms with van der Waals surface area (Å²) in [5.41, 5.74) is 1.26. The molecule has 6 heteroatoms. The van der Waals surface area contributed by atoms with Gasteiger partial charge >= 0.3 is 0 Å². The number of hydrogen-bond donors (Lipinski definition) is 1. The van der Waals surface area contributed by atoms with Crippen molar-refractivity contribution in [2.75, 3.05) is 0 Å². The first-order valence-corrected chi connectivity index (χ1v) is 8.42. The van der Waals surface area contributed by atoms with E-state index in [0.717, 1.165) is 0 Å². The molecular weight excluding hydrogens is 329 g/mol. The summed E-state index contributed by atoms with van der Waals surface area (Å²) < 4.78 is 25.7. The highest BCUT2D eigenvalue weighted by Crippen LogP contribution is 2.35. The normalized spacial score (nSPS) is 12.0. The predicted molar refractivity (Wildman–Crippen MR) is 84.9 cm³/mol. The number of sulfone groups is 1. The molecule has 1 N–H and O–H groups in total. The molecule has 0 unspecified atom stereocenters. The van der Waals surface area contributed by atoms with Crippen molar-refractivity contribution >= 4 is 43.9 Å². The molecule has 0 aliphatic carbocycles.